The van der Waals surface area contributed by atoms with E-state index in [4.69, 9.17) is 5.11 Å². The minimum absolute atomic E-state index is 0.0430. The fraction of sp³-hybridized carbons (Fsp3) is 0.500. The summed E-state index contributed by atoms with van der Waals surface area (Å²) in [7, 11) is 0. The third-order valence-electron chi connectivity index (χ3n) is 3.05. The van der Waals surface area contributed by atoms with Gasteiger partial charge in [-0.2, -0.15) is 0 Å². The summed E-state index contributed by atoms with van der Waals surface area (Å²) >= 11 is 0. The zero-order valence-corrected chi connectivity index (χ0v) is 9.47. The Hall–Kier alpha value is -1.62. The van der Waals surface area contributed by atoms with Crippen LogP contribution in [-0.4, -0.2) is 33.8 Å². The van der Waals surface area contributed by atoms with Gasteiger partial charge in [-0.05, 0) is 37.3 Å². The summed E-state index contributed by atoms with van der Waals surface area (Å²) in [5.41, 5.74) is 0.0430. The Balaban J connectivity index is 1.90. The molecule has 1 aliphatic rings. The molecule has 0 bridgehead atoms. The van der Waals surface area contributed by atoms with Gasteiger partial charge in [0.05, 0.1) is 6.10 Å². The number of anilines is 1. The predicted octanol–water partition coefficient (Wildman–Crippen LogP) is 1.35. The number of hydrogen-bond acceptors (Lipinski definition) is 4. The molecular formula is C12H16N2O3. The van der Waals surface area contributed by atoms with Gasteiger partial charge in [-0.15, -0.1) is 0 Å². The van der Waals surface area contributed by atoms with E-state index in [1.54, 1.807) is 12.1 Å². The van der Waals surface area contributed by atoms with E-state index in [-0.39, 0.29) is 11.8 Å². The largest absolute Gasteiger partial charge is 0.477 e. The maximum atomic E-state index is 10.7. The standard InChI is InChI=1S/C12H16N2O3/c15-9-5-4-8(6-9)7-13-11-3-1-2-10(14-11)12(16)17/h1-3,8-9,15H,4-7H2,(H,13,14)(H,16,17). The second-order valence-corrected chi connectivity index (χ2v) is 4.43. The number of carboxylic acid groups (broad SMARTS) is 1. The third-order valence-corrected chi connectivity index (χ3v) is 3.05. The molecule has 2 atom stereocenters. The van der Waals surface area contributed by atoms with Crippen molar-refractivity contribution in [2.75, 3.05) is 11.9 Å². The molecule has 5 nitrogen and oxygen atoms in total. The number of aromatic nitrogens is 1. The lowest BCUT2D eigenvalue weighted by atomic mass is 10.1. The van der Waals surface area contributed by atoms with Crippen molar-refractivity contribution in [3.63, 3.8) is 0 Å². The van der Waals surface area contributed by atoms with Crippen LogP contribution in [-0.2, 0) is 0 Å². The summed E-state index contributed by atoms with van der Waals surface area (Å²) in [5.74, 6) is -0.00323. The first-order valence-electron chi connectivity index (χ1n) is 5.77. The van der Waals surface area contributed by atoms with Gasteiger partial charge in [0.1, 0.15) is 5.82 Å². The van der Waals surface area contributed by atoms with Gasteiger partial charge in [0.25, 0.3) is 0 Å². The number of carbonyl (C=O) groups is 1. The number of rotatable bonds is 4. The third kappa shape index (κ3) is 3.17. The first-order valence-corrected chi connectivity index (χ1v) is 5.77. The fourth-order valence-electron chi connectivity index (χ4n) is 2.14. The molecule has 2 rings (SSSR count). The molecule has 1 saturated carbocycles. The van der Waals surface area contributed by atoms with E-state index in [1.165, 1.54) is 6.07 Å². The molecule has 0 spiro atoms. The van der Waals surface area contributed by atoms with Crippen LogP contribution < -0.4 is 5.32 Å². The number of hydrogen-bond donors (Lipinski definition) is 3. The van der Waals surface area contributed by atoms with Crippen molar-refractivity contribution < 1.29 is 15.0 Å². The summed E-state index contributed by atoms with van der Waals surface area (Å²) in [4.78, 5) is 14.7. The number of nitrogens with one attached hydrogen (secondary N) is 1. The second kappa shape index (κ2) is 5.14. The van der Waals surface area contributed by atoms with E-state index >= 15 is 0 Å². The number of carboxylic acids is 1. The molecule has 1 fully saturated rings. The number of pyridine rings is 1. The van der Waals surface area contributed by atoms with Crippen LogP contribution >= 0.6 is 0 Å². The van der Waals surface area contributed by atoms with Crippen LogP contribution in [0.4, 0.5) is 5.82 Å². The lowest BCUT2D eigenvalue weighted by molar-refractivity contribution is 0.0690. The van der Waals surface area contributed by atoms with Crippen LogP contribution in [0.1, 0.15) is 29.8 Å². The fourth-order valence-corrected chi connectivity index (χ4v) is 2.14. The monoisotopic (exact) mass is 236 g/mol. The van der Waals surface area contributed by atoms with Crippen molar-refractivity contribution >= 4 is 11.8 Å². The Bertz CT molecular complexity index is 408. The van der Waals surface area contributed by atoms with Gasteiger partial charge in [-0.3, -0.25) is 0 Å². The molecule has 17 heavy (non-hydrogen) atoms. The minimum Gasteiger partial charge on any atom is -0.477 e. The Morgan fingerprint density at radius 3 is 2.94 bits per heavy atom. The Labute approximate surface area is 99.5 Å². The SMILES string of the molecule is O=C(O)c1cccc(NCC2CCC(O)C2)n1. The average molecular weight is 236 g/mol. The molecule has 1 heterocycles. The number of aliphatic hydroxyl groups excluding tert-OH is 1. The summed E-state index contributed by atoms with van der Waals surface area (Å²) in [5, 5.41) is 21.3. The molecule has 5 heteroatoms. The highest BCUT2D eigenvalue weighted by Gasteiger charge is 2.22. The minimum atomic E-state index is -1.02. The van der Waals surface area contributed by atoms with Crippen molar-refractivity contribution in [2.24, 2.45) is 5.92 Å². The highest BCUT2D eigenvalue weighted by molar-refractivity contribution is 5.85. The predicted molar refractivity (Wildman–Crippen MR) is 63.0 cm³/mol. The van der Waals surface area contributed by atoms with Crippen LogP contribution in [0.25, 0.3) is 0 Å². The molecule has 3 N–H and O–H groups in total. The molecule has 0 radical (unpaired) electrons. The Kier molecular flexibility index (Phi) is 3.58. The lowest BCUT2D eigenvalue weighted by Crippen LogP contribution is -2.14. The number of aliphatic hydroxyl groups is 1. The van der Waals surface area contributed by atoms with Gasteiger partial charge in [0.15, 0.2) is 5.69 Å². The van der Waals surface area contributed by atoms with Crippen molar-refractivity contribution in [3.05, 3.63) is 23.9 Å². The summed E-state index contributed by atoms with van der Waals surface area (Å²) < 4.78 is 0. The zero-order valence-electron chi connectivity index (χ0n) is 9.47. The van der Waals surface area contributed by atoms with Gasteiger partial charge < -0.3 is 15.5 Å². The number of aromatic carboxylic acids is 1. The van der Waals surface area contributed by atoms with Crippen molar-refractivity contribution in [2.45, 2.75) is 25.4 Å². The second-order valence-electron chi connectivity index (χ2n) is 4.43. The molecule has 1 aromatic heterocycles. The Morgan fingerprint density at radius 2 is 2.29 bits per heavy atom. The van der Waals surface area contributed by atoms with Gasteiger partial charge in [-0.1, -0.05) is 6.07 Å². The molecule has 0 aromatic carbocycles. The van der Waals surface area contributed by atoms with Gasteiger partial charge in [0.2, 0.25) is 0 Å². The van der Waals surface area contributed by atoms with Gasteiger partial charge in [-0.25, -0.2) is 9.78 Å². The van der Waals surface area contributed by atoms with E-state index in [2.05, 4.69) is 10.3 Å². The molecule has 1 aromatic rings. The summed E-state index contributed by atoms with van der Waals surface area (Å²) in [6, 6.07) is 4.88. The maximum Gasteiger partial charge on any atom is 0.354 e. The normalized spacial score (nSPS) is 23.6. The van der Waals surface area contributed by atoms with Crippen LogP contribution in [0.15, 0.2) is 18.2 Å². The average Bonchev–Trinajstić information content (AvgIpc) is 2.73. The van der Waals surface area contributed by atoms with Crippen LogP contribution in [0.2, 0.25) is 0 Å². The van der Waals surface area contributed by atoms with Gasteiger partial charge in [0, 0.05) is 6.54 Å². The van der Waals surface area contributed by atoms with Crippen LogP contribution in [0, 0.1) is 5.92 Å². The van der Waals surface area contributed by atoms with Crippen molar-refractivity contribution in [3.8, 4) is 0 Å². The molecule has 1 aliphatic carbocycles. The van der Waals surface area contributed by atoms with E-state index in [0.29, 0.717) is 11.7 Å². The topological polar surface area (TPSA) is 82.5 Å². The first-order chi connectivity index (χ1) is 8.15. The summed E-state index contributed by atoms with van der Waals surface area (Å²) in [6.45, 7) is 0.729. The lowest BCUT2D eigenvalue weighted by Gasteiger charge is -2.11. The van der Waals surface area contributed by atoms with Crippen LogP contribution in [0.3, 0.4) is 0 Å². The van der Waals surface area contributed by atoms with E-state index in [9.17, 15) is 9.90 Å². The van der Waals surface area contributed by atoms with E-state index in [0.717, 1.165) is 25.8 Å². The quantitative estimate of drug-likeness (QED) is 0.735. The molecule has 2 unspecified atom stereocenters. The maximum absolute atomic E-state index is 10.7. The molecular weight excluding hydrogens is 220 g/mol. The smallest absolute Gasteiger partial charge is 0.354 e. The van der Waals surface area contributed by atoms with Crippen molar-refractivity contribution in [1.29, 1.82) is 0 Å². The highest BCUT2D eigenvalue weighted by Crippen LogP contribution is 2.25. The first kappa shape index (κ1) is 11.9. The van der Waals surface area contributed by atoms with Crippen molar-refractivity contribution in [1.82, 2.24) is 4.98 Å². The van der Waals surface area contributed by atoms with E-state index < -0.39 is 5.97 Å². The summed E-state index contributed by atoms with van der Waals surface area (Å²) in [6.07, 6.45) is 2.49. The highest BCUT2D eigenvalue weighted by atomic mass is 16.4. The molecule has 0 amide bonds. The Morgan fingerprint density at radius 1 is 1.47 bits per heavy atom. The number of nitrogens with zero attached hydrogens (tertiary/aromatic N) is 1. The molecule has 0 aliphatic heterocycles. The zero-order chi connectivity index (χ0) is 12.3. The molecule has 0 saturated heterocycles. The van der Waals surface area contributed by atoms with Gasteiger partial charge >= 0.3 is 5.97 Å². The van der Waals surface area contributed by atoms with Crippen LogP contribution in [0.5, 0.6) is 0 Å². The molecule has 92 valence electrons. The van der Waals surface area contributed by atoms with E-state index in [1.807, 2.05) is 0 Å².